The Balaban J connectivity index is 2.00. The Hall–Kier alpha value is -1.75. The van der Waals surface area contributed by atoms with Crippen LogP contribution in [0.4, 0.5) is 0 Å². The molecule has 0 aromatic heterocycles. The maximum absolute atomic E-state index is 12.8. The minimum Gasteiger partial charge on any atom is -0.490 e. The minimum atomic E-state index is 0.0879. The molecule has 0 bridgehead atoms. The number of likely N-dealkylation sites (tertiary alicyclic amines) is 1. The summed E-state index contributed by atoms with van der Waals surface area (Å²) in [5.74, 6) is 2.13. The number of rotatable bonds is 9. The Kier molecular flexibility index (Phi) is 8.06. The van der Waals surface area contributed by atoms with E-state index in [4.69, 9.17) is 9.47 Å². The van der Waals surface area contributed by atoms with Crippen LogP contribution in [0.25, 0.3) is 0 Å². The highest BCUT2D eigenvalue weighted by atomic mass is 16.5. The second-order valence-electron chi connectivity index (χ2n) is 6.49. The average Bonchev–Trinajstić information content (AvgIpc) is 2.65. The number of nitrogens with zero attached hydrogens (tertiary/aromatic N) is 1. The lowest BCUT2D eigenvalue weighted by Crippen LogP contribution is -2.40. The van der Waals surface area contributed by atoms with Crippen molar-refractivity contribution in [1.29, 1.82) is 0 Å². The summed E-state index contributed by atoms with van der Waals surface area (Å²) in [4.78, 5) is 14.8. The number of piperidine rings is 1. The van der Waals surface area contributed by atoms with Gasteiger partial charge in [-0.2, -0.15) is 0 Å². The van der Waals surface area contributed by atoms with Gasteiger partial charge in [-0.05, 0) is 63.4 Å². The second-order valence-corrected chi connectivity index (χ2v) is 6.49. The van der Waals surface area contributed by atoms with Gasteiger partial charge in [0.2, 0.25) is 0 Å². The number of ether oxygens (including phenoxy) is 2. The van der Waals surface area contributed by atoms with Crippen LogP contribution in [-0.4, -0.2) is 50.2 Å². The van der Waals surface area contributed by atoms with Gasteiger partial charge in [0, 0.05) is 18.7 Å². The fourth-order valence-electron chi connectivity index (χ4n) is 3.11. The molecule has 0 aliphatic carbocycles. The Morgan fingerprint density at radius 1 is 1.16 bits per heavy atom. The average molecular weight is 348 g/mol. The van der Waals surface area contributed by atoms with Crippen molar-refractivity contribution < 1.29 is 14.3 Å². The number of amides is 1. The molecule has 0 unspecified atom stereocenters. The number of hydrogen-bond donors (Lipinski definition) is 1. The van der Waals surface area contributed by atoms with Crippen LogP contribution in [0.5, 0.6) is 11.5 Å². The van der Waals surface area contributed by atoms with E-state index in [0.717, 1.165) is 45.4 Å². The van der Waals surface area contributed by atoms with Gasteiger partial charge in [0.1, 0.15) is 0 Å². The van der Waals surface area contributed by atoms with Crippen LogP contribution in [0.15, 0.2) is 18.2 Å². The molecule has 1 aliphatic heterocycles. The Bertz CT molecular complexity index is 540. The largest absolute Gasteiger partial charge is 0.490 e. The molecule has 1 aromatic carbocycles. The van der Waals surface area contributed by atoms with Crippen LogP contribution in [0.1, 0.15) is 50.4 Å². The second kappa shape index (κ2) is 10.3. The first-order valence-corrected chi connectivity index (χ1v) is 9.59. The van der Waals surface area contributed by atoms with Gasteiger partial charge in [-0.3, -0.25) is 4.79 Å². The maximum atomic E-state index is 12.8. The standard InChI is InChI=1S/C20H32N2O3/c1-4-13-25-18-8-7-17(14-19(18)24-6-3)20(23)22-11-9-16(10-12-22)15-21-5-2/h7-8,14,16,21H,4-6,9-13,15H2,1-3H3. The summed E-state index contributed by atoms with van der Waals surface area (Å²) in [6, 6.07) is 5.52. The smallest absolute Gasteiger partial charge is 0.253 e. The third kappa shape index (κ3) is 5.63. The van der Waals surface area contributed by atoms with Gasteiger partial charge in [-0.15, -0.1) is 0 Å². The van der Waals surface area contributed by atoms with E-state index >= 15 is 0 Å². The number of benzene rings is 1. The molecule has 1 N–H and O–H groups in total. The van der Waals surface area contributed by atoms with Crippen molar-refractivity contribution in [3.63, 3.8) is 0 Å². The van der Waals surface area contributed by atoms with Gasteiger partial charge < -0.3 is 19.7 Å². The van der Waals surface area contributed by atoms with Crippen molar-refractivity contribution in [2.45, 2.75) is 40.0 Å². The van der Waals surface area contributed by atoms with Crippen molar-refractivity contribution in [2.75, 3.05) is 39.4 Å². The lowest BCUT2D eigenvalue weighted by Gasteiger charge is -2.32. The minimum absolute atomic E-state index is 0.0879. The maximum Gasteiger partial charge on any atom is 0.253 e. The van der Waals surface area contributed by atoms with Crippen molar-refractivity contribution in [2.24, 2.45) is 5.92 Å². The molecule has 0 saturated carbocycles. The molecule has 1 amide bonds. The van der Waals surface area contributed by atoms with E-state index in [0.29, 0.717) is 36.2 Å². The number of carbonyl (C=O) groups excluding carboxylic acids is 1. The van der Waals surface area contributed by atoms with Crippen LogP contribution in [-0.2, 0) is 0 Å². The zero-order chi connectivity index (χ0) is 18.1. The Morgan fingerprint density at radius 2 is 1.92 bits per heavy atom. The van der Waals surface area contributed by atoms with Gasteiger partial charge in [0.25, 0.3) is 5.91 Å². The topological polar surface area (TPSA) is 50.8 Å². The molecule has 1 fully saturated rings. The summed E-state index contributed by atoms with van der Waals surface area (Å²) in [6.07, 6.45) is 3.07. The van der Waals surface area contributed by atoms with Crippen molar-refractivity contribution in [3.8, 4) is 11.5 Å². The fourth-order valence-corrected chi connectivity index (χ4v) is 3.11. The third-order valence-corrected chi connectivity index (χ3v) is 4.54. The summed E-state index contributed by atoms with van der Waals surface area (Å²) in [5.41, 5.74) is 0.678. The zero-order valence-electron chi connectivity index (χ0n) is 15.8. The molecule has 1 heterocycles. The van der Waals surface area contributed by atoms with Crippen LogP contribution in [0.2, 0.25) is 0 Å². The van der Waals surface area contributed by atoms with Crippen molar-refractivity contribution in [3.05, 3.63) is 23.8 Å². The first kappa shape index (κ1) is 19.6. The van der Waals surface area contributed by atoms with Gasteiger partial charge in [0.05, 0.1) is 13.2 Å². The van der Waals surface area contributed by atoms with Gasteiger partial charge in [-0.1, -0.05) is 13.8 Å². The quantitative estimate of drug-likeness (QED) is 0.744. The van der Waals surface area contributed by atoms with E-state index in [1.54, 1.807) is 0 Å². The van der Waals surface area contributed by atoms with Gasteiger partial charge >= 0.3 is 0 Å². The Labute approximate surface area is 151 Å². The zero-order valence-corrected chi connectivity index (χ0v) is 15.8. The number of carbonyl (C=O) groups is 1. The predicted octanol–water partition coefficient (Wildman–Crippen LogP) is 3.34. The highest BCUT2D eigenvalue weighted by molar-refractivity contribution is 5.95. The molecular weight excluding hydrogens is 316 g/mol. The molecule has 1 saturated heterocycles. The molecule has 0 atom stereocenters. The lowest BCUT2D eigenvalue weighted by molar-refractivity contribution is 0.0689. The monoisotopic (exact) mass is 348 g/mol. The van der Waals surface area contributed by atoms with Crippen molar-refractivity contribution >= 4 is 5.91 Å². The summed E-state index contributed by atoms with van der Waals surface area (Å²) >= 11 is 0. The summed E-state index contributed by atoms with van der Waals surface area (Å²) < 4.78 is 11.4. The molecule has 0 spiro atoms. The van der Waals surface area contributed by atoms with Crippen LogP contribution < -0.4 is 14.8 Å². The van der Waals surface area contributed by atoms with Gasteiger partial charge in [0.15, 0.2) is 11.5 Å². The van der Waals surface area contributed by atoms with Gasteiger partial charge in [-0.25, -0.2) is 0 Å². The van der Waals surface area contributed by atoms with Crippen LogP contribution in [0.3, 0.4) is 0 Å². The third-order valence-electron chi connectivity index (χ3n) is 4.54. The highest BCUT2D eigenvalue weighted by Crippen LogP contribution is 2.30. The summed E-state index contributed by atoms with van der Waals surface area (Å²) in [6.45, 7) is 11.0. The molecule has 1 aromatic rings. The summed E-state index contributed by atoms with van der Waals surface area (Å²) in [5, 5.41) is 3.40. The van der Waals surface area contributed by atoms with E-state index in [9.17, 15) is 4.79 Å². The van der Waals surface area contributed by atoms with E-state index in [-0.39, 0.29) is 5.91 Å². The number of hydrogen-bond acceptors (Lipinski definition) is 4. The Morgan fingerprint density at radius 3 is 2.56 bits per heavy atom. The van der Waals surface area contributed by atoms with Crippen LogP contribution in [0, 0.1) is 5.92 Å². The van der Waals surface area contributed by atoms with Crippen LogP contribution >= 0.6 is 0 Å². The first-order valence-electron chi connectivity index (χ1n) is 9.59. The number of nitrogens with one attached hydrogen (secondary N) is 1. The molecule has 25 heavy (non-hydrogen) atoms. The first-order chi connectivity index (χ1) is 12.2. The molecule has 5 heteroatoms. The van der Waals surface area contributed by atoms with E-state index in [1.165, 1.54) is 0 Å². The molecule has 5 nitrogen and oxygen atoms in total. The molecule has 2 rings (SSSR count). The SMILES string of the molecule is CCCOc1ccc(C(=O)N2CCC(CNCC)CC2)cc1OCC. The van der Waals surface area contributed by atoms with E-state index in [1.807, 2.05) is 30.0 Å². The molecule has 140 valence electrons. The van der Waals surface area contributed by atoms with Crippen molar-refractivity contribution in [1.82, 2.24) is 10.2 Å². The lowest BCUT2D eigenvalue weighted by atomic mass is 9.96. The molecular formula is C20H32N2O3. The normalized spacial score (nSPS) is 15.2. The molecule has 1 aliphatic rings. The van der Waals surface area contributed by atoms with E-state index in [2.05, 4.69) is 19.2 Å². The van der Waals surface area contributed by atoms with E-state index < -0.39 is 0 Å². The summed E-state index contributed by atoms with van der Waals surface area (Å²) in [7, 11) is 0. The highest BCUT2D eigenvalue weighted by Gasteiger charge is 2.24. The predicted molar refractivity (Wildman–Crippen MR) is 101 cm³/mol. The molecule has 0 radical (unpaired) electrons. The fraction of sp³-hybridized carbons (Fsp3) is 0.650.